The topological polar surface area (TPSA) is 86.8 Å². The van der Waals surface area contributed by atoms with Crippen LogP contribution >= 0.6 is 0 Å². The van der Waals surface area contributed by atoms with E-state index in [4.69, 9.17) is 14.5 Å². The van der Waals surface area contributed by atoms with Crippen molar-refractivity contribution in [1.29, 1.82) is 0 Å². The Bertz CT molecular complexity index is 1160. The lowest BCUT2D eigenvalue weighted by molar-refractivity contribution is 0.00895. The van der Waals surface area contributed by atoms with Crippen molar-refractivity contribution in [1.82, 2.24) is 29.3 Å². The lowest BCUT2D eigenvalue weighted by Gasteiger charge is -2.36. The summed E-state index contributed by atoms with van der Waals surface area (Å²) in [6, 6.07) is 1.99. The Morgan fingerprint density at radius 3 is 2.75 bits per heavy atom. The van der Waals surface area contributed by atoms with Gasteiger partial charge in [-0.25, -0.2) is 14.3 Å². The van der Waals surface area contributed by atoms with E-state index < -0.39 is 5.60 Å². The van der Waals surface area contributed by atoms with Crippen LogP contribution in [0.4, 0.5) is 4.79 Å². The van der Waals surface area contributed by atoms with Gasteiger partial charge >= 0.3 is 6.09 Å². The second-order valence-electron chi connectivity index (χ2n) is 10.1. The highest BCUT2D eigenvalue weighted by atomic mass is 16.6. The number of carbonyl (C=O) groups excluding carboxylic acids is 1. The third-order valence-corrected chi connectivity index (χ3v) is 6.49. The van der Waals surface area contributed by atoms with Crippen LogP contribution in [-0.4, -0.2) is 59.7 Å². The normalized spacial score (nSPS) is 24.8. The zero-order chi connectivity index (χ0) is 22.7. The predicted molar refractivity (Wildman–Crippen MR) is 118 cm³/mol. The van der Waals surface area contributed by atoms with Crippen LogP contribution in [0.3, 0.4) is 0 Å². The third kappa shape index (κ3) is 3.80. The van der Waals surface area contributed by atoms with Gasteiger partial charge < -0.3 is 14.4 Å². The average Bonchev–Trinajstić information content (AvgIpc) is 3.01. The number of aryl methyl sites for hydroxylation is 1. The van der Waals surface area contributed by atoms with Crippen molar-refractivity contribution in [2.24, 2.45) is 13.0 Å². The van der Waals surface area contributed by atoms with Gasteiger partial charge in [-0.05, 0) is 46.1 Å². The van der Waals surface area contributed by atoms with Gasteiger partial charge in [-0.2, -0.15) is 10.2 Å². The molecule has 0 bridgehead atoms. The van der Waals surface area contributed by atoms with Crippen molar-refractivity contribution in [2.75, 3.05) is 7.05 Å². The number of hydrogen-bond donors (Lipinski definition) is 0. The zero-order valence-corrected chi connectivity index (χ0v) is 19.3. The molecule has 2 aliphatic rings. The van der Waals surface area contributed by atoms with Gasteiger partial charge in [-0.3, -0.25) is 4.68 Å². The first kappa shape index (κ1) is 20.8. The Balaban J connectivity index is 1.39. The molecule has 3 atom stereocenters. The molecule has 3 aromatic heterocycles. The first-order valence-corrected chi connectivity index (χ1v) is 11.1. The molecule has 0 saturated heterocycles. The molecule has 3 unspecified atom stereocenters. The molecular weight excluding hydrogens is 408 g/mol. The number of rotatable bonds is 4. The monoisotopic (exact) mass is 438 g/mol. The summed E-state index contributed by atoms with van der Waals surface area (Å²) < 4.78 is 15.8. The summed E-state index contributed by atoms with van der Waals surface area (Å²) in [7, 11) is 3.70. The molecule has 9 nitrogen and oxygen atoms in total. The molecule has 3 aromatic rings. The Labute approximate surface area is 187 Å². The maximum Gasteiger partial charge on any atom is 0.410 e. The molecular formula is C23H30N6O3. The summed E-state index contributed by atoms with van der Waals surface area (Å²) in [5.41, 5.74) is 1.69. The standard InChI is InChI=1S/C23H30N6O3/c1-22(2,3)32-21(30)28(5)17-7-6-16-10-23(16,11-17)31-20-19-8-9-24-29(19)14-18(26-20)15-12-25-27(4)13-15/h8-9,12-14,16-17H,6-7,10-11H2,1-5H3. The van der Waals surface area contributed by atoms with E-state index in [0.717, 1.165) is 42.5 Å². The number of fused-ring (bicyclic) bond motifs is 2. The molecule has 2 aliphatic carbocycles. The first-order valence-electron chi connectivity index (χ1n) is 11.1. The van der Waals surface area contributed by atoms with Crippen LogP contribution in [0.1, 0.15) is 46.5 Å². The van der Waals surface area contributed by atoms with E-state index in [1.807, 2.05) is 53.3 Å². The highest BCUT2D eigenvalue weighted by Gasteiger charge is 2.61. The maximum absolute atomic E-state index is 12.6. The summed E-state index contributed by atoms with van der Waals surface area (Å²) in [6.07, 6.45) is 10.8. The molecule has 3 heterocycles. The molecule has 2 saturated carbocycles. The van der Waals surface area contributed by atoms with Gasteiger partial charge in [0.15, 0.2) is 0 Å². The van der Waals surface area contributed by atoms with E-state index in [-0.39, 0.29) is 17.7 Å². The summed E-state index contributed by atoms with van der Waals surface area (Å²) in [5.74, 6) is 1.06. The lowest BCUT2D eigenvalue weighted by Crippen LogP contribution is -2.45. The average molecular weight is 439 g/mol. The van der Waals surface area contributed by atoms with Crippen LogP contribution in [0.25, 0.3) is 16.8 Å². The highest BCUT2D eigenvalue weighted by molar-refractivity contribution is 5.68. The Kier molecular flexibility index (Phi) is 4.69. The summed E-state index contributed by atoms with van der Waals surface area (Å²) in [4.78, 5) is 19.2. The smallest absolute Gasteiger partial charge is 0.410 e. The molecule has 9 heteroatoms. The lowest BCUT2D eigenvalue weighted by atomic mass is 9.92. The molecule has 0 N–H and O–H groups in total. The number of amides is 1. The van der Waals surface area contributed by atoms with Crippen molar-refractivity contribution in [3.63, 3.8) is 0 Å². The fourth-order valence-electron chi connectivity index (χ4n) is 4.71. The van der Waals surface area contributed by atoms with E-state index in [2.05, 4.69) is 10.2 Å². The van der Waals surface area contributed by atoms with E-state index in [9.17, 15) is 4.79 Å². The number of hydrogen-bond acceptors (Lipinski definition) is 6. The van der Waals surface area contributed by atoms with Crippen LogP contribution in [0.15, 0.2) is 30.9 Å². The minimum absolute atomic E-state index is 0.0750. The van der Waals surface area contributed by atoms with E-state index in [1.54, 1.807) is 26.5 Å². The van der Waals surface area contributed by atoms with Crippen LogP contribution in [-0.2, 0) is 11.8 Å². The van der Waals surface area contributed by atoms with E-state index in [0.29, 0.717) is 11.8 Å². The molecule has 0 radical (unpaired) electrons. The minimum Gasteiger partial charge on any atom is -0.469 e. The van der Waals surface area contributed by atoms with Gasteiger partial charge in [-0.1, -0.05) is 0 Å². The zero-order valence-electron chi connectivity index (χ0n) is 19.3. The van der Waals surface area contributed by atoms with E-state index in [1.165, 1.54) is 0 Å². The van der Waals surface area contributed by atoms with Crippen LogP contribution in [0.5, 0.6) is 5.88 Å². The molecule has 0 spiro atoms. The summed E-state index contributed by atoms with van der Waals surface area (Å²) in [5, 5.41) is 8.66. The van der Waals surface area contributed by atoms with E-state index >= 15 is 0 Å². The fraction of sp³-hybridized carbons (Fsp3) is 0.565. The maximum atomic E-state index is 12.6. The number of nitrogens with zero attached hydrogens (tertiary/aromatic N) is 6. The van der Waals surface area contributed by atoms with Crippen LogP contribution < -0.4 is 4.74 Å². The molecule has 0 aromatic carbocycles. The van der Waals surface area contributed by atoms with Crippen LogP contribution in [0.2, 0.25) is 0 Å². The number of aromatic nitrogens is 5. The van der Waals surface area contributed by atoms with Gasteiger partial charge in [0.25, 0.3) is 0 Å². The van der Waals surface area contributed by atoms with Gasteiger partial charge in [0.1, 0.15) is 16.7 Å². The second kappa shape index (κ2) is 7.21. The predicted octanol–water partition coefficient (Wildman–Crippen LogP) is 3.69. The fourth-order valence-corrected chi connectivity index (χ4v) is 4.71. The Morgan fingerprint density at radius 1 is 1.22 bits per heavy atom. The molecule has 0 aliphatic heterocycles. The third-order valence-electron chi connectivity index (χ3n) is 6.49. The van der Waals surface area contributed by atoms with Crippen LogP contribution in [0, 0.1) is 5.92 Å². The van der Waals surface area contributed by atoms with Crippen molar-refractivity contribution < 1.29 is 14.3 Å². The number of ether oxygens (including phenoxy) is 2. The Morgan fingerprint density at radius 2 is 2.03 bits per heavy atom. The first-order chi connectivity index (χ1) is 15.1. The van der Waals surface area contributed by atoms with Crippen molar-refractivity contribution in [3.05, 3.63) is 30.9 Å². The quantitative estimate of drug-likeness (QED) is 0.618. The second-order valence-corrected chi connectivity index (χ2v) is 10.1. The van der Waals surface area contributed by atoms with Gasteiger partial charge in [-0.15, -0.1) is 0 Å². The largest absolute Gasteiger partial charge is 0.469 e. The highest BCUT2D eigenvalue weighted by Crippen LogP contribution is 2.57. The van der Waals surface area contributed by atoms with Crippen molar-refractivity contribution in [2.45, 2.75) is 63.7 Å². The summed E-state index contributed by atoms with van der Waals surface area (Å²) >= 11 is 0. The van der Waals surface area contributed by atoms with Crippen molar-refractivity contribution in [3.8, 4) is 17.1 Å². The molecule has 2 fully saturated rings. The molecule has 5 rings (SSSR count). The molecule has 1 amide bonds. The minimum atomic E-state index is -0.513. The molecule has 32 heavy (non-hydrogen) atoms. The SMILES string of the molecule is CN(C(=O)OC(C)(C)C)C1CCC2CC2(Oc2nc(-c3cnn(C)c3)cn3nccc23)C1. The van der Waals surface area contributed by atoms with Crippen molar-refractivity contribution >= 4 is 11.6 Å². The van der Waals surface area contributed by atoms with Gasteiger partial charge in [0.2, 0.25) is 5.88 Å². The summed E-state index contributed by atoms with van der Waals surface area (Å²) in [6.45, 7) is 5.66. The van der Waals surface area contributed by atoms with Gasteiger partial charge in [0.05, 0.1) is 24.3 Å². The molecule has 170 valence electrons. The Hall–Kier alpha value is -3.10. The number of carbonyl (C=O) groups is 1. The van der Waals surface area contributed by atoms with Gasteiger partial charge in [0, 0.05) is 44.2 Å².